The lowest BCUT2D eigenvalue weighted by atomic mass is 9.96. The summed E-state index contributed by atoms with van der Waals surface area (Å²) in [7, 11) is 0. The molecule has 1 saturated heterocycles. The van der Waals surface area contributed by atoms with Gasteiger partial charge < -0.3 is 9.64 Å². The Labute approximate surface area is 174 Å². The molecule has 0 radical (unpaired) electrons. The van der Waals surface area contributed by atoms with Gasteiger partial charge in [0, 0.05) is 36.7 Å². The van der Waals surface area contributed by atoms with Crippen molar-refractivity contribution in [3.8, 4) is 16.3 Å². The van der Waals surface area contributed by atoms with E-state index in [2.05, 4.69) is 57.3 Å². The van der Waals surface area contributed by atoms with Crippen molar-refractivity contribution in [1.82, 2.24) is 9.97 Å². The van der Waals surface area contributed by atoms with Crippen LogP contribution in [0.5, 0.6) is 5.19 Å². The zero-order valence-corrected chi connectivity index (χ0v) is 17.0. The number of hydrogen-bond donors (Lipinski definition) is 0. The van der Waals surface area contributed by atoms with E-state index in [0.29, 0.717) is 5.92 Å². The van der Waals surface area contributed by atoms with Crippen molar-refractivity contribution >= 4 is 27.2 Å². The number of thiazole rings is 1. The van der Waals surface area contributed by atoms with Gasteiger partial charge in [0.15, 0.2) is 0 Å². The van der Waals surface area contributed by atoms with Gasteiger partial charge in [-0.3, -0.25) is 4.98 Å². The van der Waals surface area contributed by atoms with Crippen LogP contribution in [0.3, 0.4) is 0 Å². The fourth-order valence-electron chi connectivity index (χ4n) is 3.97. The molecule has 4 nitrogen and oxygen atoms in total. The molecule has 0 spiro atoms. The fraction of sp³-hybridized carbons (Fsp3) is 0.250. The fourth-order valence-corrected chi connectivity index (χ4v) is 4.79. The number of para-hydroxylation sites is 2. The van der Waals surface area contributed by atoms with E-state index in [1.165, 1.54) is 21.5 Å². The lowest BCUT2D eigenvalue weighted by Crippen LogP contribution is -2.35. The molecule has 0 atom stereocenters. The summed E-state index contributed by atoms with van der Waals surface area (Å²) in [6.07, 6.45) is 5.99. The monoisotopic (exact) mass is 401 g/mol. The summed E-state index contributed by atoms with van der Waals surface area (Å²) >= 11 is 1.63. The molecule has 1 fully saturated rings. The lowest BCUT2D eigenvalue weighted by Gasteiger charge is -2.34. The normalized spacial score (nSPS) is 15.0. The number of aromatic nitrogens is 2. The van der Waals surface area contributed by atoms with Gasteiger partial charge in [-0.05, 0) is 54.7 Å². The summed E-state index contributed by atoms with van der Waals surface area (Å²) in [5, 5.41) is 0.789. The number of anilines is 1. The van der Waals surface area contributed by atoms with E-state index in [0.717, 1.165) is 43.2 Å². The molecule has 0 aliphatic carbocycles. The third kappa shape index (κ3) is 3.96. The van der Waals surface area contributed by atoms with Crippen LogP contribution in [0.4, 0.5) is 5.69 Å². The Balaban J connectivity index is 1.22. The van der Waals surface area contributed by atoms with Crippen molar-refractivity contribution in [2.24, 2.45) is 5.92 Å². The van der Waals surface area contributed by atoms with Gasteiger partial charge in [0.25, 0.3) is 5.19 Å². The summed E-state index contributed by atoms with van der Waals surface area (Å²) in [6.45, 7) is 2.85. The first-order valence-corrected chi connectivity index (χ1v) is 10.9. The Morgan fingerprint density at radius 3 is 2.52 bits per heavy atom. The number of rotatable bonds is 5. The smallest absolute Gasteiger partial charge is 0.274 e. The quantitative estimate of drug-likeness (QED) is 0.433. The van der Waals surface area contributed by atoms with Crippen molar-refractivity contribution in [2.75, 3.05) is 24.6 Å². The summed E-state index contributed by atoms with van der Waals surface area (Å²) in [5.74, 6) is 0.575. The summed E-state index contributed by atoms with van der Waals surface area (Å²) in [4.78, 5) is 11.2. The van der Waals surface area contributed by atoms with Crippen LogP contribution < -0.4 is 9.64 Å². The molecule has 29 heavy (non-hydrogen) atoms. The number of ether oxygens (including phenoxy) is 1. The van der Waals surface area contributed by atoms with E-state index in [1.807, 2.05) is 30.6 Å². The van der Waals surface area contributed by atoms with Gasteiger partial charge in [0.2, 0.25) is 0 Å². The molecule has 2 aromatic heterocycles. The van der Waals surface area contributed by atoms with Crippen molar-refractivity contribution in [3.05, 3.63) is 73.1 Å². The first-order valence-electron chi connectivity index (χ1n) is 10.1. The van der Waals surface area contributed by atoms with Crippen molar-refractivity contribution in [1.29, 1.82) is 0 Å². The molecule has 1 aliphatic rings. The average Bonchev–Trinajstić information content (AvgIpc) is 3.22. The summed E-state index contributed by atoms with van der Waals surface area (Å²) in [5.41, 5.74) is 4.83. The van der Waals surface area contributed by atoms with Crippen LogP contribution in [0.2, 0.25) is 0 Å². The molecule has 4 aromatic rings. The Hall–Kier alpha value is -2.92. The zero-order valence-electron chi connectivity index (χ0n) is 16.2. The van der Waals surface area contributed by atoms with E-state index < -0.39 is 0 Å². The third-order valence-corrected chi connectivity index (χ3v) is 6.52. The van der Waals surface area contributed by atoms with Crippen LogP contribution in [0.1, 0.15) is 12.8 Å². The maximum absolute atomic E-state index is 6.05. The van der Waals surface area contributed by atoms with E-state index in [1.54, 1.807) is 11.3 Å². The molecule has 0 unspecified atom stereocenters. The minimum Gasteiger partial charge on any atom is -0.470 e. The minimum absolute atomic E-state index is 0.575. The average molecular weight is 402 g/mol. The van der Waals surface area contributed by atoms with E-state index in [9.17, 15) is 0 Å². The molecule has 2 aromatic carbocycles. The van der Waals surface area contributed by atoms with Gasteiger partial charge in [-0.15, -0.1) is 0 Å². The largest absolute Gasteiger partial charge is 0.470 e. The zero-order chi connectivity index (χ0) is 19.5. The molecule has 0 amide bonds. The predicted octanol–water partition coefficient (Wildman–Crippen LogP) is 5.65. The first kappa shape index (κ1) is 18.1. The highest BCUT2D eigenvalue weighted by Crippen LogP contribution is 2.33. The highest BCUT2D eigenvalue weighted by atomic mass is 32.1. The molecule has 0 bridgehead atoms. The van der Waals surface area contributed by atoms with Crippen LogP contribution in [-0.2, 0) is 0 Å². The number of fused-ring (bicyclic) bond motifs is 1. The lowest BCUT2D eigenvalue weighted by molar-refractivity contribution is 0.222. The van der Waals surface area contributed by atoms with Crippen LogP contribution in [0.15, 0.2) is 73.1 Å². The molecule has 5 heteroatoms. The second kappa shape index (κ2) is 8.21. The van der Waals surface area contributed by atoms with E-state index >= 15 is 0 Å². The van der Waals surface area contributed by atoms with Gasteiger partial charge >= 0.3 is 0 Å². The molecule has 146 valence electrons. The van der Waals surface area contributed by atoms with E-state index in [-0.39, 0.29) is 0 Å². The van der Waals surface area contributed by atoms with Gasteiger partial charge in [-0.1, -0.05) is 41.7 Å². The highest BCUT2D eigenvalue weighted by Gasteiger charge is 2.22. The van der Waals surface area contributed by atoms with Crippen LogP contribution >= 0.6 is 11.3 Å². The predicted molar refractivity (Wildman–Crippen MR) is 120 cm³/mol. The third-order valence-electron chi connectivity index (χ3n) is 5.57. The van der Waals surface area contributed by atoms with Gasteiger partial charge in [0.05, 0.1) is 16.8 Å². The Bertz CT molecular complexity index is 1050. The molecular formula is C24H23N3OS. The maximum atomic E-state index is 6.05. The number of benzene rings is 2. The Morgan fingerprint density at radius 2 is 1.69 bits per heavy atom. The summed E-state index contributed by atoms with van der Waals surface area (Å²) in [6, 6.07) is 21.0. The second-order valence-corrected chi connectivity index (χ2v) is 8.44. The first-order chi connectivity index (χ1) is 14.4. The highest BCUT2D eigenvalue weighted by molar-refractivity contribution is 7.20. The van der Waals surface area contributed by atoms with Crippen LogP contribution in [-0.4, -0.2) is 29.7 Å². The Morgan fingerprint density at radius 1 is 0.931 bits per heavy atom. The molecule has 5 rings (SSSR count). The molecule has 1 aliphatic heterocycles. The van der Waals surface area contributed by atoms with E-state index in [4.69, 9.17) is 4.74 Å². The molecular weight excluding hydrogens is 378 g/mol. The molecule has 3 heterocycles. The van der Waals surface area contributed by atoms with Gasteiger partial charge in [-0.2, -0.15) is 0 Å². The van der Waals surface area contributed by atoms with Crippen LogP contribution in [0.25, 0.3) is 21.3 Å². The topological polar surface area (TPSA) is 38.2 Å². The van der Waals surface area contributed by atoms with Gasteiger partial charge in [-0.25, -0.2) is 4.98 Å². The number of nitrogens with zero attached hydrogens (tertiary/aromatic N) is 3. The molecule has 0 saturated carbocycles. The van der Waals surface area contributed by atoms with Crippen molar-refractivity contribution < 1.29 is 4.74 Å². The van der Waals surface area contributed by atoms with Gasteiger partial charge in [0.1, 0.15) is 0 Å². The molecule has 0 N–H and O–H groups in total. The van der Waals surface area contributed by atoms with Crippen molar-refractivity contribution in [2.45, 2.75) is 12.8 Å². The summed E-state index contributed by atoms with van der Waals surface area (Å²) < 4.78 is 7.23. The minimum atomic E-state index is 0.575. The maximum Gasteiger partial charge on any atom is 0.274 e. The number of pyridine rings is 1. The van der Waals surface area contributed by atoms with Crippen LogP contribution in [0, 0.1) is 5.92 Å². The Kier molecular flexibility index (Phi) is 5.13. The SMILES string of the molecule is c1ccc(N2CCC(COc3nc4ccccc4s3)CC2)c(-c2ccncc2)c1. The number of piperidine rings is 1. The standard InChI is InChI=1S/C24H23N3OS/c1-3-7-22(20(5-1)19-9-13-25-14-10-19)27-15-11-18(12-16-27)17-28-24-26-21-6-2-4-8-23(21)29-24/h1-10,13-14,18H,11-12,15-17H2. The number of hydrogen-bond acceptors (Lipinski definition) is 5. The van der Waals surface area contributed by atoms with Crippen molar-refractivity contribution in [3.63, 3.8) is 0 Å². The second-order valence-electron chi connectivity index (χ2n) is 7.44.